The number of rotatable bonds is 4. The van der Waals surface area contributed by atoms with Crippen LogP contribution < -0.4 is 0 Å². The van der Waals surface area contributed by atoms with Gasteiger partial charge in [0.2, 0.25) is 0 Å². The maximum Gasteiger partial charge on any atom is 0.0827 e. The summed E-state index contributed by atoms with van der Waals surface area (Å²) in [6.07, 6.45) is 3.57. The number of hydrogen-bond acceptors (Lipinski definition) is 1. The van der Waals surface area contributed by atoms with E-state index in [4.69, 9.17) is 16.3 Å². The Kier molecular flexibility index (Phi) is 4.25. The Bertz CT molecular complexity index is 337. The molecule has 1 aliphatic heterocycles. The fourth-order valence-electron chi connectivity index (χ4n) is 2.23. The third kappa shape index (κ3) is 2.78. The molecule has 2 heteroatoms. The van der Waals surface area contributed by atoms with Crippen LogP contribution in [-0.4, -0.2) is 12.5 Å². The molecule has 1 aromatic rings. The highest BCUT2D eigenvalue weighted by Gasteiger charge is 2.20. The largest absolute Gasteiger partial charge is 0.373 e. The second-order valence-corrected chi connectivity index (χ2v) is 4.95. The van der Waals surface area contributed by atoms with Gasteiger partial charge in [0.05, 0.1) is 12.7 Å². The normalized spacial score (nSPS) is 21.5. The molecule has 2 rings (SSSR count). The third-order valence-electron chi connectivity index (χ3n) is 3.28. The highest BCUT2D eigenvalue weighted by Crippen LogP contribution is 2.31. The van der Waals surface area contributed by atoms with Crippen LogP contribution in [-0.2, 0) is 11.2 Å². The summed E-state index contributed by atoms with van der Waals surface area (Å²) in [5.41, 5.74) is 2.84. The minimum Gasteiger partial charge on any atom is -0.373 e. The van der Waals surface area contributed by atoms with E-state index in [0.717, 1.165) is 31.7 Å². The topological polar surface area (TPSA) is 9.23 Å². The standard InChI is InChI=1S/C14H19ClO/c1-11(10-15)6-7-14-13-5-3-2-4-12(13)8-9-16-14/h2-5,11,14H,6-10H2,1H3. The van der Waals surface area contributed by atoms with E-state index in [1.165, 1.54) is 11.1 Å². The minimum atomic E-state index is 0.288. The molecule has 1 aromatic carbocycles. The van der Waals surface area contributed by atoms with Crippen molar-refractivity contribution in [3.05, 3.63) is 35.4 Å². The van der Waals surface area contributed by atoms with E-state index in [-0.39, 0.29) is 6.10 Å². The first-order valence-corrected chi connectivity index (χ1v) is 6.60. The van der Waals surface area contributed by atoms with E-state index in [1.54, 1.807) is 0 Å². The van der Waals surface area contributed by atoms with Crippen molar-refractivity contribution in [3.8, 4) is 0 Å². The highest BCUT2D eigenvalue weighted by molar-refractivity contribution is 6.18. The molecular formula is C14H19ClO. The van der Waals surface area contributed by atoms with Crippen molar-refractivity contribution in [2.45, 2.75) is 32.3 Å². The lowest BCUT2D eigenvalue weighted by molar-refractivity contribution is 0.0331. The zero-order valence-corrected chi connectivity index (χ0v) is 10.5. The van der Waals surface area contributed by atoms with Gasteiger partial charge in [0.25, 0.3) is 0 Å². The molecule has 0 N–H and O–H groups in total. The van der Waals surface area contributed by atoms with Crippen LogP contribution in [0.5, 0.6) is 0 Å². The van der Waals surface area contributed by atoms with Crippen LogP contribution in [0, 0.1) is 5.92 Å². The predicted octanol–water partition coefficient (Wildman–Crippen LogP) is 3.96. The van der Waals surface area contributed by atoms with Crippen LogP contribution in [0.2, 0.25) is 0 Å². The molecule has 2 atom stereocenters. The minimum absolute atomic E-state index is 0.288. The molecule has 0 amide bonds. The number of fused-ring (bicyclic) bond motifs is 1. The first kappa shape index (κ1) is 11.9. The Morgan fingerprint density at radius 1 is 1.44 bits per heavy atom. The Labute approximate surface area is 103 Å². The quantitative estimate of drug-likeness (QED) is 0.722. The maximum atomic E-state index is 5.86. The van der Waals surface area contributed by atoms with E-state index in [9.17, 15) is 0 Å². The van der Waals surface area contributed by atoms with Gasteiger partial charge in [-0.3, -0.25) is 0 Å². The molecule has 88 valence electrons. The van der Waals surface area contributed by atoms with Crippen molar-refractivity contribution in [2.24, 2.45) is 5.92 Å². The molecule has 0 radical (unpaired) electrons. The van der Waals surface area contributed by atoms with Crippen molar-refractivity contribution in [3.63, 3.8) is 0 Å². The molecule has 0 saturated carbocycles. The van der Waals surface area contributed by atoms with Gasteiger partial charge in [-0.25, -0.2) is 0 Å². The number of benzene rings is 1. The number of ether oxygens (including phenoxy) is 1. The smallest absolute Gasteiger partial charge is 0.0827 e. The van der Waals surface area contributed by atoms with Crippen molar-refractivity contribution in [1.29, 1.82) is 0 Å². The van der Waals surface area contributed by atoms with E-state index in [0.29, 0.717) is 5.92 Å². The van der Waals surface area contributed by atoms with Crippen LogP contribution in [0.4, 0.5) is 0 Å². The fourth-order valence-corrected chi connectivity index (χ4v) is 2.38. The average Bonchev–Trinajstić information content (AvgIpc) is 2.35. The van der Waals surface area contributed by atoms with Crippen molar-refractivity contribution < 1.29 is 4.74 Å². The molecule has 0 aliphatic carbocycles. The lowest BCUT2D eigenvalue weighted by atomic mass is 9.93. The molecular weight excluding hydrogens is 220 g/mol. The lowest BCUT2D eigenvalue weighted by Crippen LogP contribution is -2.17. The molecule has 1 aliphatic rings. The molecule has 16 heavy (non-hydrogen) atoms. The fraction of sp³-hybridized carbons (Fsp3) is 0.571. The first-order valence-electron chi connectivity index (χ1n) is 6.06. The summed E-state index contributed by atoms with van der Waals surface area (Å²) in [6.45, 7) is 3.05. The predicted molar refractivity (Wildman–Crippen MR) is 68.0 cm³/mol. The number of alkyl halides is 1. The van der Waals surface area contributed by atoms with Crippen LogP contribution in [0.3, 0.4) is 0 Å². The molecule has 0 spiro atoms. The Morgan fingerprint density at radius 2 is 2.25 bits per heavy atom. The molecule has 1 heterocycles. The van der Waals surface area contributed by atoms with Gasteiger partial charge in [-0.1, -0.05) is 31.2 Å². The number of halogens is 1. The maximum absolute atomic E-state index is 5.86. The summed E-state index contributed by atoms with van der Waals surface area (Å²) in [6, 6.07) is 8.63. The summed E-state index contributed by atoms with van der Waals surface area (Å²) < 4.78 is 5.86. The van der Waals surface area contributed by atoms with Gasteiger partial charge in [-0.15, -0.1) is 11.6 Å². The molecule has 2 unspecified atom stereocenters. The van der Waals surface area contributed by atoms with Gasteiger partial charge >= 0.3 is 0 Å². The second-order valence-electron chi connectivity index (χ2n) is 4.65. The summed E-state index contributed by atoms with van der Waals surface area (Å²) in [5.74, 6) is 1.33. The monoisotopic (exact) mass is 238 g/mol. The average molecular weight is 239 g/mol. The van der Waals surface area contributed by atoms with Gasteiger partial charge in [0, 0.05) is 5.88 Å². The van der Waals surface area contributed by atoms with Crippen LogP contribution in [0.1, 0.15) is 37.0 Å². The van der Waals surface area contributed by atoms with Gasteiger partial charge in [0.15, 0.2) is 0 Å². The Hall–Kier alpha value is -0.530. The molecule has 0 aromatic heterocycles. The van der Waals surface area contributed by atoms with Crippen molar-refractivity contribution in [2.75, 3.05) is 12.5 Å². The van der Waals surface area contributed by atoms with Crippen LogP contribution >= 0.6 is 11.6 Å². The zero-order chi connectivity index (χ0) is 11.4. The third-order valence-corrected chi connectivity index (χ3v) is 3.80. The molecule has 0 saturated heterocycles. The Balaban J connectivity index is 2.01. The van der Waals surface area contributed by atoms with E-state index in [2.05, 4.69) is 31.2 Å². The first-order chi connectivity index (χ1) is 7.81. The summed E-state index contributed by atoms with van der Waals surface area (Å²) in [4.78, 5) is 0. The number of hydrogen-bond donors (Lipinski definition) is 0. The lowest BCUT2D eigenvalue weighted by Gasteiger charge is -2.26. The van der Waals surface area contributed by atoms with Crippen molar-refractivity contribution in [1.82, 2.24) is 0 Å². The van der Waals surface area contributed by atoms with Gasteiger partial charge in [-0.05, 0) is 36.3 Å². The van der Waals surface area contributed by atoms with Crippen molar-refractivity contribution >= 4 is 11.6 Å². The van der Waals surface area contributed by atoms with Gasteiger partial charge < -0.3 is 4.74 Å². The summed E-state index contributed by atoms with van der Waals surface area (Å²) >= 11 is 5.83. The summed E-state index contributed by atoms with van der Waals surface area (Å²) in [7, 11) is 0. The Morgan fingerprint density at radius 3 is 3.06 bits per heavy atom. The molecule has 0 fully saturated rings. The van der Waals surface area contributed by atoms with Gasteiger partial charge in [-0.2, -0.15) is 0 Å². The van der Waals surface area contributed by atoms with Crippen LogP contribution in [0.15, 0.2) is 24.3 Å². The van der Waals surface area contributed by atoms with Gasteiger partial charge in [0.1, 0.15) is 0 Å². The second kappa shape index (κ2) is 5.70. The highest BCUT2D eigenvalue weighted by atomic mass is 35.5. The zero-order valence-electron chi connectivity index (χ0n) is 9.79. The molecule has 1 nitrogen and oxygen atoms in total. The summed E-state index contributed by atoms with van der Waals surface area (Å²) in [5, 5.41) is 0. The molecule has 0 bridgehead atoms. The van der Waals surface area contributed by atoms with E-state index < -0.39 is 0 Å². The van der Waals surface area contributed by atoms with E-state index in [1.807, 2.05) is 0 Å². The SMILES string of the molecule is CC(CCl)CCC1OCCc2ccccc21. The van der Waals surface area contributed by atoms with Crippen LogP contribution in [0.25, 0.3) is 0 Å². The van der Waals surface area contributed by atoms with E-state index >= 15 is 0 Å².